The normalized spacial score (nSPS) is 11.7. The van der Waals surface area contributed by atoms with E-state index in [1.165, 1.54) is 13.3 Å². The number of pyridine rings is 2. The van der Waals surface area contributed by atoms with Crippen molar-refractivity contribution in [3.8, 4) is 5.88 Å². The van der Waals surface area contributed by atoms with Crippen molar-refractivity contribution >= 4 is 42.7 Å². The number of aryl methyl sites for hydroxylation is 2. The van der Waals surface area contributed by atoms with Crippen molar-refractivity contribution in [1.82, 2.24) is 19.7 Å². The van der Waals surface area contributed by atoms with Crippen molar-refractivity contribution in [2.75, 3.05) is 11.8 Å². The zero-order chi connectivity index (χ0) is 17.5. The number of nitrogens with one attached hydrogen (secondary N) is 1. The van der Waals surface area contributed by atoms with E-state index >= 15 is 0 Å². The molecule has 0 fully saturated rings. The van der Waals surface area contributed by atoms with Crippen molar-refractivity contribution in [1.29, 1.82) is 0 Å². The molecule has 24 heavy (non-hydrogen) atoms. The van der Waals surface area contributed by atoms with Gasteiger partial charge in [0.25, 0.3) is 10.0 Å². The minimum atomic E-state index is -3.81. The molecule has 0 amide bonds. The summed E-state index contributed by atoms with van der Waals surface area (Å²) in [5, 5.41) is 4.93. The fourth-order valence-electron chi connectivity index (χ4n) is 2.25. The van der Waals surface area contributed by atoms with Crippen LogP contribution >= 0.6 is 15.9 Å². The van der Waals surface area contributed by atoms with Gasteiger partial charge in [-0.1, -0.05) is 0 Å². The fraction of sp³-hybridized carbons (Fsp3) is 0.214. The lowest BCUT2D eigenvalue weighted by Crippen LogP contribution is -2.14. The average molecular weight is 412 g/mol. The summed E-state index contributed by atoms with van der Waals surface area (Å²) in [4.78, 5) is 8.32. The molecule has 10 heteroatoms. The van der Waals surface area contributed by atoms with Gasteiger partial charge < -0.3 is 4.74 Å². The number of sulfonamides is 1. The van der Waals surface area contributed by atoms with E-state index in [0.717, 1.165) is 0 Å². The number of hydrogen-bond donors (Lipinski definition) is 1. The van der Waals surface area contributed by atoms with Gasteiger partial charge in [-0.25, -0.2) is 18.4 Å². The highest BCUT2D eigenvalue weighted by Gasteiger charge is 2.19. The molecule has 0 saturated carbocycles. The number of halogens is 1. The molecule has 3 aromatic heterocycles. The minimum Gasteiger partial charge on any atom is -0.481 e. The Balaban J connectivity index is 2.00. The number of hydrogen-bond acceptors (Lipinski definition) is 6. The molecule has 0 aliphatic rings. The highest BCUT2D eigenvalue weighted by atomic mass is 79.9. The second-order valence-electron chi connectivity index (χ2n) is 5.05. The van der Waals surface area contributed by atoms with E-state index in [1.807, 2.05) is 0 Å². The summed E-state index contributed by atoms with van der Waals surface area (Å²) in [6.45, 7) is 1.80. The number of methoxy groups -OCH3 is 1. The number of ether oxygens (including phenoxy) is 1. The summed E-state index contributed by atoms with van der Waals surface area (Å²) in [7, 11) is -0.574. The summed E-state index contributed by atoms with van der Waals surface area (Å²) in [5.74, 6) is 0.374. The van der Waals surface area contributed by atoms with Gasteiger partial charge >= 0.3 is 0 Å². The van der Waals surface area contributed by atoms with Crippen molar-refractivity contribution in [3.63, 3.8) is 0 Å². The van der Waals surface area contributed by atoms with Crippen LogP contribution in [0.3, 0.4) is 0 Å². The molecule has 3 rings (SSSR count). The topological polar surface area (TPSA) is 99.0 Å². The van der Waals surface area contributed by atoms with E-state index in [2.05, 4.69) is 35.7 Å². The van der Waals surface area contributed by atoms with E-state index in [-0.39, 0.29) is 4.90 Å². The van der Waals surface area contributed by atoms with Crippen molar-refractivity contribution < 1.29 is 13.2 Å². The van der Waals surface area contributed by atoms with Crippen LogP contribution in [0.4, 0.5) is 5.69 Å². The predicted octanol–water partition coefficient (Wildman–Crippen LogP) is 2.24. The van der Waals surface area contributed by atoms with Crippen LogP contribution in [0.1, 0.15) is 5.69 Å². The molecule has 0 saturated heterocycles. The predicted molar refractivity (Wildman–Crippen MR) is 92.5 cm³/mol. The SMILES string of the molecule is COc1ccc(NS(=O)(=O)c2cnc3c(c2)c(C)nn3C)c(Br)n1. The van der Waals surface area contributed by atoms with Crippen LogP contribution in [0.5, 0.6) is 5.88 Å². The van der Waals surface area contributed by atoms with Gasteiger partial charge in [-0.15, -0.1) is 0 Å². The van der Waals surface area contributed by atoms with Crippen LogP contribution < -0.4 is 9.46 Å². The first-order chi connectivity index (χ1) is 11.3. The van der Waals surface area contributed by atoms with Crippen molar-refractivity contribution in [2.45, 2.75) is 11.8 Å². The largest absolute Gasteiger partial charge is 0.481 e. The first kappa shape index (κ1) is 16.7. The molecule has 3 heterocycles. The Labute approximate surface area is 147 Å². The number of nitrogens with zero attached hydrogens (tertiary/aromatic N) is 4. The quantitative estimate of drug-likeness (QED) is 0.660. The van der Waals surface area contributed by atoms with Crippen molar-refractivity contribution in [2.24, 2.45) is 7.05 Å². The molecule has 0 unspecified atom stereocenters. The molecule has 0 aromatic carbocycles. The van der Waals surface area contributed by atoms with E-state index in [4.69, 9.17) is 4.74 Å². The minimum absolute atomic E-state index is 0.0498. The summed E-state index contributed by atoms with van der Waals surface area (Å²) in [6.07, 6.45) is 1.30. The Morgan fingerprint density at radius 1 is 1.33 bits per heavy atom. The summed E-state index contributed by atoms with van der Waals surface area (Å²) in [5.41, 5.74) is 1.64. The lowest BCUT2D eigenvalue weighted by Gasteiger charge is -2.10. The van der Waals surface area contributed by atoms with E-state index in [1.54, 1.807) is 36.9 Å². The van der Waals surface area contributed by atoms with Gasteiger partial charge in [-0.05, 0) is 35.0 Å². The van der Waals surface area contributed by atoms with E-state index in [9.17, 15) is 8.42 Å². The van der Waals surface area contributed by atoms with Gasteiger partial charge in [-0.3, -0.25) is 9.40 Å². The van der Waals surface area contributed by atoms with Crippen LogP contribution in [0.15, 0.2) is 33.9 Å². The average Bonchev–Trinajstić information content (AvgIpc) is 2.83. The van der Waals surface area contributed by atoms with Gasteiger partial charge in [0.15, 0.2) is 5.65 Å². The first-order valence-corrected chi connectivity index (χ1v) is 9.12. The van der Waals surface area contributed by atoms with Gasteiger partial charge in [0.2, 0.25) is 5.88 Å². The Morgan fingerprint density at radius 2 is 2.08 bits per heavy atom. The molecule has 126 valence electrons. The lowest BCUT2D eigenvalue weighted by atomic mass is 10.3. The lowest BCUT2D eigenvalue weighted by molar-refractivity contribution is 0.397. The monoisotopic (exact) mass is 411 g/mol. The third-order valence-corrected chi connectivity index (χ3v) is 5.36. The highest BCUT2D eigenvalue weighted by molar-refractivity contribution is 9.10. The standard InChI is InChI=1S/C14H14BrN5O3S/c1-8-10-6-9(7-16-14(10)20(2)18-8)24(21,22)19-11-4-5-12(23-3)17-13(11)15/h4-7,19H,1-3H3. The summed E-state index contributed by atoms with van der Waals surface area (Å²) >= 11 is 3.22. The maximum Gasteiger partial charge on any atom is 0.263 e. The molecule has 1 N–H and O–H groups in total. The molecule has 8 nitrogen and oxygen atoms in total. The van der Waals surface area contributed by atoms with Gasteiger partial charge in [0.1, 0.15) is 9.50 Å². The molecular formula is C14H14BrN5O3S. The number of aromatic nitrogens is 4. The van der Waals surface area contributed by atoms with E-state index < -0.39 is 10.0 Å². The van der Waals surface area contributed by atoms with Crippen LogP contribution in [-0.2, 0) is 17.1 Å². The molecule has 0 bridgehead atoms. The Hall–Kier alpha value is -2.20. The van der Waals surface area contributed by atoms with Gasteiger partial charge in [0.05, 0.1) is 18.5 Å². The number of anilines is 1. The van der Waals surface area contributed by atoms with Crippen molar-refractivity contribution in [3.05, 3.63) is 34.7 Å². The zero-order valence-corrected chi connectivity index (χ0v) is 15.5. The maximum atomic E-state index is 12.6. The molecule has 0 aliphatic heterocycles. The Bertz CT molecular complexity index is 1030. The summed E-state index contributed by atoms with van der Waals surface area (Å²) < 4.78 is 34.6. The van der Waals surface area contributed by atoms with Crippen LogP contribution in [-0.4, -0.2) is 35.3 Å². The molecular weight excluding hydrogens is 398 g/mol. The first-order valence-electron chi connectivity index (χ1n) is 6.84. The third kappa shape index (κ3) is 2.94. The smallest absolute Gasteiger partial charge is 0.263 e. The second kappa shape index (κ2) is 6.02. The Kier molecular flexibility index (Phi) is 4.18. The van der Waals surface area contributed by atoms with E-state index in [0.29, 0.717) is 32.9 Å². The second-order valence-corrected chi connectivity index (χ2v) is 7.48. The van der Waals surface area contributed by atoms with Crippen LogP contribution in [0.2, 0.25) is 0 Å². The molecule has 3 aromatic rings. The number of fused-ring (bicyclic) bond motifs is 1. The highest BCUT2D eigenvalue weighted by Crippen LogP contribution is 2.26. The third-order valence-electron chi connectivity index (χ3n) is 3.42. The van der Waals surface area contributed by atoms with Crippen LogP contribution in [0, 0.1) is 6.92 Å². The van der Waals surface area contributed by atoms with Crippen LogP contribution in [0.25, 0.3) is 11.0 Å². The molecule has 0 spiro atoms. The fourth-order valence-corrected chi connectivity index (χ4v) is 3.82. The molecule has 0 aliphatic carbocycles. The number of rotatable bonds is 4. The maximum absolute atomic E-state index is 12.6. The van der Waals surface area contributed by atoms with Gasteiger partial charge in [0, 0.05) is 24.7 Å². The van der Waals surface area contributed by atoms with Gasteiger partial charge in [-0.2, -0.15) is 5.10 Å². The molecule has 0 atom stereocenters. The zero-order valence-electron chi connectivity index (χ0n) is 13.1. The summed E-state index contributed by atoms with van der Waals surface area (Å²) in [6, 6.07) is 4.68. The molecule has 0 radical (unpaired) electrons. The Morgan fingerprint density at radius 3 is 2.75 bits per heavy atom.